The zero-order valence-corrected chi connectivity index (χ0v) is 19.2. The van der Waals surface area contributed by atoms with Crippen molar-refractivity contribution in [3.8, 4) is 0 Å². The molecule has 34 heavy (non-hydrogen) atoms. The average Bonchev–Trinajstić information content (AvgIpc) is 3.22. The van der Waals surface area contributed by atoms with Crippen molar-refractivity contribution < 1.29 is 28.6 Å². The Labute approximate surface area is 197 Å². The highest BCUT2D eigenvalue weighted by Gasteiger charge is 2.21. The molecule has 2 aromatic carbocycles. The Morgan fingerprint density at radius 1 is 1.06 bits per heavy atom. The first-order valence-corrected chi connectivity index (χ1v) is 11.1. The number of carbonyl (C=O) groups is 3. The third kappa shape index (κ3) is 5.20. The molecule has 1 aliphatic rings. The van der Waals surface area contributed by atoms with Gasteiger partial charge in [-0.25, -0.2) is 4.79 Å². The maximum Gasteiger partial charge on any atom is 0.340 e. The van der Waals surface area contributed by atoms with E-state index >= 15 is 0 Å². The third-order valence-electron chi connectivity index (χ3n) is 5.68. The topological polar surface area (TPSA) is 99.1 Å². The number of para-hydroxylation sites is 1. The smallest absolute Gasteiger partial charge is 0.340 e. The molecule has 1 amide bonds. The van der Waals surface area contributed by atoms with E-state index in [-0.39, 0.29) is 6.54 Å². The predicted octanol–water partition coefficient (Wildman–Crippen LogP) is 2.83. The van der Waals surface area contributed by atoms with Gasteiger partial charge in [0.2, 0.25) is 0 Å². The second kappa shape index (κ2) is 10.4. The van der Waals surface area contributed by atoms with Crippen LogP contribution in [0.4, 0.5) is 11.4 Å². The summed E-state index contributed by atoms with van der Waals surface area (Å²) in [5.41, 5.74) is 2.73. The molecule has 178 valence electrons. The number of hydrogen-bond donors (Lipinski definition) is 1. The second-order valence-corrected chi connectivity index (χ2v) is 7.95. The van der Waals surface area contributed by atoms with Crippen LogP contribution in [0.2, 0.25) is 0 Å². The van der Waals surface area contributed by atoms with Crippen molar-refractivity contribution in [3.05, 3.63) is 60.3 Å². The number of hydrogen-bond acceptors (Lipinski definition) is 7. The number of nitrogens with one attached hydrogen (secondary N) is 1. The second-order valence-electron chi connectivity index (χ2n) is 7.95. The minimum absolute atomic E-state index is 0.149. The molecule has 3 aromatic rings. The number of anilines is 2. The molecule has 1 N–H and O–H groups in total. The first-order chi connectivity index (χ1) is 16.5. The molecule has 1 aliphatic heterocycles. The highest BCUT2D eigenvalue weighted by atomic mass is 16.5. The summed E-state index contributed by atoms with van der Waals surface area (Å²) in [4.78, 5) is 39.4. The van der Waals surface area contributed by atoms with Crippen LogP contribution in [0.25, 0.3) is 10.9 Å². The summed E-state index contributed by atoms with van der Waals surface area (Å²) in [6.45, 7) is 4.42. The highest BCUT2D eigenvalue weighted by Crippen LogP contribution is 2.22. The van der Waals surface area contributed by atoms with Gasteiger partial charge >= 0.3 is 11.9 Å². The Balaban J connectivity index is 1.35. The van der Waals surface area contributed by atoms with E-state index in [0.29, 0.717) is 35.4 Å². The number of ether oxygens (including phenoxy) is 3. The standard InChI is InChI=1S/C25H27N3O6/c1-17(24(30)26-18-7-9-19(10-8-18)27-11-13-33-14-12-27)34-23(29)16-28-15-21(25(31)32-2)20-5-3-4-6-22(20)28/h3-10,15,17H,11-14,16H2,1-2H3,(H,26,30). The summed E-state index contributed by atoms with van der Waals surface area (Å²) in [5.74, 6) is -1.52. The average molecular weight is 466 g/mol. The fraction of sp³-hybridized carbons (Fsp3) is 0.320. The van der Waals surface area contributed by atoms with Crippen LogP contribution in [-0.2, 0) is 30.3 Å². The normalized spacial score (nSPS) is 14.5. The number of morpholine rings is 1. The van der Waals surface area contributed by atoms with Gasteiger partial charge in [0.15, 0.2) is 6.10 Å². The largest absolute Gasteiger partial charge is 0.465 e. The van der Waals surface area contributed by atoms with E-state index in [1.807, 2.05) is 30.3 Å². The van der Waals surface area contributed by atoms with Crippen molar-refractivity contribution in [2.24, 2.45) is 0 Å². The van der Waals surface area contributed by atoms with E-state index in [9.17, 15) is 14.4 Å². The van der Waals surface area contributed by atoms with Gasteiger partial charge < -0.3 is 29.0 Å². The lowest BCUT2D eigenvalue weighted by molar-refractivity contribution is -0.153. The number of carbonyl (C=O) groups excluding carboxylic acids is 3. The zero-order valence-electron chi connectivity index (χ0n) is 19.2. The van der Waals surface area contributed by atoms with Crippen LogP contribution in [0.3, 0.4) is 0 Å². The molecule has 9 heteroatoms. The van der Waals surface area contributed by atoms with E-state index in [4.69, 9.17) is 14.2 Å². The van der Waals surface area contributed by atoms with Crippen LogP contribution in [-0.4, -0.2) is 61.9 Å². The van der Waals surface area contributed by atoms with Crippen LogP contribution in [0.15, 0.2) is 54.7 Å². The van der Waals surface area contributed by atoms with Crippen molar-refractivity contribution in [1.82, 2.24) is 4.57 Å². The predicted molar refractivity (Wildman–Crippen MR) is 127 cm³/mol. The van der Waals surface area contributed by atoms with Crippen LogP contribution in [0.5, 0.6) is 0 Å². The molecule has 1 atom stereocenters. The lowest BCUT2D eigenvalue weighted by Crippen LogP contribution is -2.36. The van der Waals surface area contributed by atoms with Gasteiger partial charge in [0.25, 0.3) is 5.91 Å². The lowest BCUT2D eigenvalue weighted by Gasteiger charge is -2.28. The maximum absolute atomic E-state index is 12.5. The number of methoxy groups -OCH3 is 1. The Bertz CT molecular complexity index is 1180. The van der Waals surface area contributed by atoms with Crippen molar-refractivity contribution in [3.63, 3.8) is 0 Å². The molecule has 0 aliphatic carbocycles. The number of fused-ring (bicyclic) bond motifs is 1. The number of benzene rings is 2. The molecule has 0 spiro atoms. The molecule has 0 radical (unpaired) electrons. The van der Waals surface area contributed by atoms with Gasteiger partial charge in [-0.2, -0.15) is 0 Å². The van der Waals surface area contributed by atoms with Crippen molar-refractivity contribution in [1.29, 1.82) is 0 Å². The number of nitrogens with zero attached hydrogens (tertiary/aromatic N) is 2. The summed E-state index contributed by atoms with van der Waals surface area (Å²) >= 11 is 0. The summed E-state index contributed by atoms with van der Waals surface area (Å²) in [5, 5.41) is 3.44. The molecule has 1 saturated heterocycles. The van der Waals surface area contributed by atoms with Gasteiger partial charge in [-0.15, -0.1) is 0 Å². The van der Waals surface area contributed by atoms with E-state index in [1.165, 1.54) is 14.0 Å². The van der Waals surface area contributed by atoms with Gasteiger partial charge in [-0.3, -0.25) is 9.59 Å². The number of esters is 2. The van der Waals surface area contributed by atoms with E-state index in [2.05, 4.69) is 10.2 Å². The van der Waals surface area contributed by atoms with E-state index < -0.39 is 23.9 Å². The minimum atomic E-state index is -0.992. The quantitative estimate of drug-likeness (QED) is 0.536. The molecule has 4 rings (SSSR count). The van der Waals surface area contributed by atoms with Crippen LogP contribution < -0.4 is 10.2 Å². The monoisotopic (exact) mass is 465 g/mol. The number of rotatable bonds is 7. The summed E-state index contributed by atoms with van der Waals surface area (Å²) in [7, 11) is 1.30. The van der Waals surface area contributed by atoms with Crippen molar-refractivity contribution in [2.75, 3.05) is 43.6 Å². The van der Waals surface area contributed by atoms with Gasteiger partial charge in [0.05, 0.1) is 25.9 Å². The Hall–Kier alpha value is -3.85. The molecule has 9 nitrogen and oxygen atoms in total. The van der Waals surface area contributed by atoms with E-state index in [1.54, 1.807) is 29.0 Å². The molecule has 1 unspecified atom stereocenters. The van der Waals surface area contributed by atoms with Gasteiger partial charge in [-0.05, 0) is 37.3 Å². The first kappa shape index (κ1) is 23.3. The number of aromatic nitrogens is 1. The van der Waals surface area contributed by atoms with Crippen LogP contribution in [0.1, 0.15) is 17.3 Å². The van der Waals surface area contributed by atoms with E-state index in [0.717, 1.165) is 18.8 Å². The van der Waals surface area contributed by atoms with Crippen molar-refractivity contribution in [2.45, 2.75) is 19.6 Å². The SMILES string of the molecule is COC(=O)c1cn(CC(=O)OC(C)C(=O)Nc2ccc(N3CCOCC3)cc2)c2ccccc12. The number of amides is 1. The third-order valence-corrected chi connectivity index (χ3v) is 5.68. The minimum Gasteiger partial charge on any atom is -0.465 e. The van der Waals surface area contributed by atoms with Gasteiger partial charge in [0.1, 0.15) is 6.54 Å². The van der Waals surface area contributed by atoms with Crippen molar-refractivity contribution >= 4 is 40.1 Å². The Morgan fingerprint density at radius 2 is 1.76 bits per heavy atom. The fourth-order valence-electron chi connectivity index (χ4n) is 3.90. The molecule has 1 fully saturated rings. The molecular weight excluding hydrogens is 438 g/mol. The maximum atomic E-state index is 12.5. The van der Waals surface area contributed by atoms with Gasteiger partial charge in [-0.1, -0.05) is 18.2 Å². The highest BCUT2D eigenvalue weighted by molar-refractivity contribution is 6.04. The summed E-state index contributed by atoms with van der Waals surface area (Å²) < 4.78 is 17.1. The molecular formula is C25H27N3O6. The lowest BCUT2D eigenvalue weighted by atomic mass is 10.2. The Kier molecular flexibility index (Phi) is 7.12. The van der Waals surface area contributed by atoms with Crippen LogP contribution in [0, 0.1) is 0 Å². The van der Waals surface area contributed by atoms with Gasteiger partial charge in [0, 0.05) is 41.6 Å². The molecule has 2 heterocycles. The van der Waals surface area contributed by atoms with Crippen LogP contribution >= 0.6 is 0 Å². The molecule has 1 aromatic heterocycles. The molecule has 0 bridgehead atoms. The first-order valence-electron chi connectivity index (χ1n) is 11.1. The molecule has 0 saturated carbocycles. The Morgan fingerprint density at radius 3 is 2.47 bits per heavy atom. The fourth-order valence-corrected chi connectivity index (χ4v) is 3.90. The summed E-state index contributed by atoms with van der Waals surface area (Å²) in [6, 6.07) is 14.7. The summed E-state index contributed by atoms with van der Waals surface area (Å²) in [6.07, 6.45) is 0.562. The zero-order chi connectivity index (χ0) is 24.1.